The molecule has 1 saturated heterocycles. The first kappa shape index (κ1) is 28.2. The van der Waals surface area contributed by atoms with Crippen LogP contribution in [0.3, 0.4) is 0 Å². The number of benzene rings is 2. The number of hydrogen-bond donors (Lipinski definition) is 3. The molecule has 6 rings (SSSR count). The monoisotopic (exact) mass is 568 g/mol. The fourth-order valence-corrected chi connectivity index (χ4v) is 5.78. The summed E-state index contributed by atoms with van der Waals surface area (Å²) in [4.78, 5) is 30.8. The summed E-state index contributed by atoms with van der Waals surface area (Å²) in [6, 6.07) is 12.9. The molecule has 220 valence electrons. The van der Waals surface area contributed by atoms with Gasteiger partial charge >= 0.3 is 6.09 Å². The average Bonchev–Trinajstić information content (AvgIpc) is 3.71. The number of H-pyrrole nitrogens is 2. The van der Waals surface area contributed by atoms with Gasteiger partial charge in [-0.3, -0.25) is 4.90 Å². The number of likely N-dealkylation sites (tertiary alicyclic amines) is 1. The van der Waals surface area contributed by atoms with Crippen LogP contribution in [-0.4, -0.2) is 49.6 Å². The van der Waals surface area contributed by atoms with Crippen molar-refractivity contribution in [1.82, 2.24) is 30.2 Å². The first-order valence-corrected chi connectivity index (χ1v) is 14.9. The van der Waals surface area contributed by atoms with Crippen molar-refractivity contribution in [3.05, 3.63) is 71.6 Å². The van der Waals surface area contributed by atoms with Gasteiger partial charge in [0.2, 0.25) is 0 Å². The molecular weight excluding hydrogens is 528 g/mol. The molecule has 9 heteroatoms. The standard InChI is InChI=1S/C33H40N6O3/c1-5-12-34-18-30-35-16-27(37-30)21-8-10-25-23(14-21)19-41-20-24-15-22(9-11-26(24)25)28-17-36-31(38-28)29-7-6-13-39(29)32(40)42-33(2,3)4/h8-11,14-17,29,34H,5-7,12-13,18-20H2,1-4H3,(H,35,37)(H,36,38)/t29-/m0/s1. The van der Waals surface area contributed by atoms with E-state index in [-0.39, 0.29) is 12.1 Å². The zero-order chi connectivity index (χ0) is 29.3. The molecule has 0 radical (unpaired) electrons. The lowest BCUT2D eigenvalue weighted by atomic mass is 9.93. The predicted molar refractivity (Wildman–Crippen MR) is 162 cm³/mol. The molecule has 42 heavy (non-hydrogen) atoms. The summed E-state index contributed by atoms with van der Waals surface area (Å²) < 4.78 is 11.8. The number of imidazole rings is 2. The molecule has 2 aliphatic heterocycles. The van der Waals surface area contributed by atoms with Crippen LogP contribution in [0.4, 0.5) is 4.79 Å². The molecule has 2 aliphatic rings. The second kappa shape index (κ2) is 11.7. The summed E-state index contributed by atoms with van der Waals surface area (Å²) in [5.41, 5.74) is 8.20. The lowest BCUT2D eigenvalue weighted by Gasteiger charge is -2.27. The van der Waals surface area contributed by atoms with Gasteiger partial charge in [-0.2, -0.15) is 0 Å². The highest BCUT2D eigenvalue weighted by atomic mass is 16.6. The maximum atomic E-state index is 12.8. The molecule has 0 unspecified atom stereocenters. The molecule has 1 fully saturated rings. The van der Waals surface area contributed by atoms with E-state index in [2.05, 4.69) is 68.6 Å². The minimum atomic E-state index is -0.531. The molecule has 4 aromatic rings. The molecule has 9 nitrogen and oxygen atoms in total. The first-order chi connectivity index (χ1) is 20.3. The van der Waals surface area contributed by atoms with Gasteiger partial charge in [0, 0.05) is 6.54 Å². The molecule has 0 bridgehead atoms. The van der Waals surface area contributed by atoms with Crippen LogP contribution in [0.5, 0.6) is 0 Å². The van der Waals surface area contributed by atoms with Crippen LogP contribution in [0.2, 0.25) is 0 Å². The normalized spacial score (nSPS) is 16.7. The Morgan fingerprint density at radius 1 is 1.02 bits per heavy atom. The van der Waals surface area contributed by atoms with Crippen molar-refractivity contribution in [3.63, 3.8) is 0 Å². The van der Waals surface area contributed by atoms with E-state index in [0.29, 0.717) is 19.8 Å². The maximum Gasteiger partial charge on any atom is 0.410 e. The Morgan fingerprint density at radius 2 is 1.69 bits per heavy atom. The first-order valence-electron chi connectivity index (χ1n) is 14.9. The zero-order valence-corrected chi connectivity index (χ0v) is 24.9. The summed E-state index contributed by atoms with van der Waals surface area (Å²) in [5, 5.41) is 3.39. The van der Waals surface area contributed by atoms with Gasteiger partial charge in [0.1, 0.15) is 17.2 Å². The van der Waals surface area contributed by atoms with Gasteiger partial charge in [-0.15, -0.1) is 0 Å². The molecule has 4 heterocycles. The Labute approximate surface area is 247 Å². The Balaban J connectivity index is 1.21. The van der Waals surface area contributed by atoms with Crippen LogP contribution in [0, 0.1) is 0 Å². The summed E-state index contributed by atoms with van der Waals surface area (Å²) in [7, 11) is 0. The highest BCUT2D eigenvalue weighted by Gasteiger charge is 2.35. The fourth-order valence-electron chi connectivity index (χ4n) is 5.78. The van der Waals surface area contributed by atoms with Crippen molar-refractivity contribution < 1.29 is 14.3 Å². The van der Waals surface area contributed by atoms with Crippen LogP contribution in [0.15, 0.2) is 48.8 Å². The van der Waals surface area contributed by atoms with E-state index in [1.165, 1.54) is 11.1 Å². The van der Waals surface area contributed by atoms with Crippen molar-refractivity contribution >= 4 is 6.09 Å². The second-order valence-corrected chi connectivity index (χ2v) is 12.2. The minimum absolute atomic E-state index is 0.114. The van der Waals surface area contributed by atoms with Crippen LogP contribution in [0.25, 0.3) is 33.6 Å². The van der Waals surface area contributed by atoms with Crippen LogP contribution in [-0.2, 0) is 29.2 Å². The number of amides is 1. The lowest BCUT2D eigenvalue weighted by molar-refractivity contribution is 0.0218. The van der Waals surface area contributed by atoms with E-state index in [4.69, 9.17) is 9.47 Å². The van der Waals surface area contributed by atoms with Gasteiger partial charge in [-0.1, -0.05) is 31.2 Å². The third-order valence-electron chi connectivity index (χ3n) is 7.78. The number of rotatable bonds is 7. The van der Waals surface area contributed by atoms with E-state index in [1.54, 1.807) is 4.90 Å². The van der Waals surface area contributed by atoms with Crippen molar-refractivity contribution in [2.45, 2.75) is 78.4 Å². The number of fused-ring (bicyclic) bond motifs is 3. The van der Waals surface area contributed by atoms with Gasteiger partial charge in [-0.25, -0.2) is 14.8 Å². The molecule has 0 saturated carbocycles. The maximum absolute atomic E-state index is 12.8. The van der Waals surface area contributed by atoms with E-state index in [0.717, 1.165) is 77.6 Å². The number of hydrogen-bond acceptors (Lipinski definition) is 6. The number of aromatic amines is 2. The van der Waals surface area contributed by atoms with Gasteiger partial charge in [-0.05, 0) is 92.1 Å². The van der Waals surface area contributed by atoms with Crippen LogP contribution >= 0.6 is 0 Å². The fraction of sp³-hybridized carbons (Fsp3) is 0.424. The van der Waals surface area contributed by atoms with Crippen molar-refractivity contribution in [3.8, 4) is 33.6 Å². The summed E-state index contributed by atoms with van der Waals surface area (Å²) >= 11 is 0. The zero-order valence-electron chi connectivity index (χ0n) is 24.9. The number of carbonyl (C=O) groups excluding carboxylic acids is 1. The van der Waals surface area contributed by atoms with E-state index in [1.807, 2.05) is 33.2 Å². The van der Waals surface area contributed by atoms with Crippen molar-refractivity contribution in [2.75, 3.05) is 13.1 Å². The summed E-state index contributed by atoms with van der Waals surface area (Å²) in [5.74, 6) is 1.73. The number of nitrogens with one attached hydrogen (secondary N) is 3. The minimum Gasteiger partial charge on any atom is -0.444 e. The molecule has 1 atom stereocenters. The number of nitrogens with zero attached hydrogens (tertiary/aromatic N) is 3. The van der Waals surface area contributed by atoms with Crippen LogP contribution in [0.1, 0.15) is 75.8 Å². The number of carbonyl (C=O) groups is 1. The average molecular weight is 569 g/mol. The molecule has 0 spiro atoms. The number of ether oxygens (including phenoxy) is 2. The summed E-state index contributed by atoms with van der Waals surface area (Å²) in [6.07, 6.45) is 6.35. The second-order valence-electron chi connectivity index (χ2n) is 12.2. The Kier molecular flexibility index (Phi) is 7.88. The molecule has 2 aromatic heterocycles. The van der Waals surface area contributed by atoms with E-state index in [9.17, 15) is 4.79 Å². The van der Waals surface area contributed by atoms with Gasteiger partial charge in [0.15, 0.2) is 0 Å². The van der Waals surface area contributed by atoms with E-state index < -0.39 is 5.60 Å². The lowest BCUT2D eigenvalue weighted by Crippen LogP contribution is -2.36. The molecule has 3 N–H and O–H groups in total. The summed E-state index contributed by atoms with van der Waals surface area (Å²) in [6.45, 7) is 11.3. The topological polar surface area (TPSA) is 108 Å². The Bertz CT molecular complexity index is 1570. The highest BCUT2D eigenvalue weighted by molar-refractivity contribution is 5.77. The molecule has 0 aliphatic carbocycles. The quantitative estimate of drug-likeness (QED) is 0.213. The molecule has 2 aromatic carbocycles. The largest absolute Gasteiger partial charge is 0.444 e. The third-order valence-corrected chi connectivity index (χ3v) is 7.78. The SMILES string of the molecule is CCCNCc1ncc(-c2ccc3c(c2)COCc2cc(-c4cnc([C@@H]5CCCN5C(=O)OC(C)(C)C)[nH]4)ccc2-3)[nH]1. The highest BCUT2D eigenvalue weighted by Crippen LogP contribution is 2.37. The molecular formula is C33H40N6O3. The van der Waals surface area contributed by atoms with Crippen molar-refractivity contribution in [2.24, 2.45) is 0 Å². The number of aromatic nitrogens is 4. The third kappa shape index (κ3) is 5.98. The molecule has 1 amide bonds. The predicted octanol–water partition coefficient (Wildman–Crippen LogP) is 6.74. The van der Waals surface area contributed by atoms with E-state index >= 15 is 0 Å². The van der Waals surface area contributed by atoms with Gasteiger partial charge < -0.3 is 24.8 Å². The van der Waals surface area contributed by atoms with Crippen LogP contribution < -0.4 is 5.32 Å². The van der Waals surface area contributed by atoms with Gasteiger partial charge in [0.05, 0.1) is 49.6 Å². The van der Waals surface area contributed by atoms with Gasteiger partial charge in [0.25, 0.3) is 0 Å². The van der Waals surface area contributed by atoms with Crippen molar-refractivity contribution in [1.29, 1.82) is 0 Å². The Morgan fingerprint density at radius 3 is 2.36 bits per heavy atom. The Hall–Kier alpha value is -3.95. The smallest absolute Gasteiger partial charge is 0.410 e.